The summed E-state index contributed by atoms with van der Waals surface area (Å²) >= 11 is 0. The SMILES string of the molecule is O=C(NCc1ccccc1CN1CCOCC1)c1ccc[nH]c1=O. The van der Waals surface area contributed by atoms with E-state index >= 15 is 0 Å². The third kappa shape index (κ3) is 4.10. The summed E-state index contributed by atoms with van der Waals surface area (Å²) in [7, 11) is 0. The molecule has 1 aliphatic heterocycles. The molecule has 1 aromatic carbocycles. The summed E-state index contributed by atoms with van der Waals surface area (Å²) in [6, 6.07) is 11.2. The summed E-state index contributed by atoms with van der Waals surface area (Å²) in [6.07, 6.45) is 1.51. The molecule has 0 bridgehead atoms. The van der Waals surface area contributed by atoms with Crippen LogP contribution in [0.1, 0.15) is 21.5 Å². The summed E-state index contributed by atoms with van der Waals surface area (Å²) < 4.78 is 5.38. The second-order valence-electron chi connectivity index (χ2n) is 5.75. The van der Waals surface area contributed by atoms with Crippen LogP contribution in [0, 0.1) is 0 Å². The second-order valence-corrected chi connectivity index (χ2v) is 5.75. The van der Waals surface area contributed by atoms with E-state index in [9.17, 15) is 9.59 Å². The molecule has 24 heavy (non-hydrogen) atoms. The summed E-state index contributed by atoms with van der Waals surface area (Å²) in [6.45, 7) is 4.58. The molecule has 1 aliphatic rings. The summed E-state index contributed by atoms with van der Waals surface area (Å²) in [5.74, 6) is -0.363. The van der Waals surface area contributed by atoms with Gasteiger partial charge >= 0.3 is 0 Å². The van der Waals surface area contributed by atoms with Gasteiger partial charge in [-0.2, -0.15) is 0 Å². The van der Waals surface area contributed by atoms with Crippen LogP contribution in [0.5, 0.6) is 0 Å². The van der Waals surface area contributed by atoms with E-state index in [-0.39, 0.29) is 17.0 Å². The lowest BCUT2D eigenvalue weighted by molar-refractivity contribution is 0.0340. The molecule has 0 aliphatic carbocycles. The number of rotatable bonds is 5. The van der Waals surface area contributed by atoms with Crippen molar-refractivity contribution >= 4 is 5.91 Å². The number of benzene rings is 1. The van der Waals surface area contributed by atoms with Gasteiger partial charge in [-0.15, -0.1) is 0 Å². The van der Waals surface area contributed by atoms with Gasteiger partial charge < -0.3 is 15.0 Å². The Morgan fingerprint density at radius 1 is 1.12 bits per heavy atom. The predicted molar refractivity (Wildman–Crippen MR) is 90.8 cm³/mol. The van der Waals surface area contributed by atoms with Gasteiger partial charge in [-0.3, -0.25) is 14.5 Å². The van der Waals surface area contributed by atoms with Crippen molar-refractivity contribution < 1.29 is 9.53 Å². The molecule has 2 aromatic rings. The lowest BCUT2D eigenvalue weighted by Gasteiger charge is -2.27. The minimum Gasteiger partial charge on any atom is -0.379 e. The molecule has 0 radical (unpaired) electrons. The number of amides is 1. The Hall–Kier alpha value is -2.44. The van der Waals surface area contributed by atoms with E-state index in [2.05, 4.69) is 21.3 Å². The number of aromatic nitrogens is 1. The highest BCUT2D eigenvalue weighted by Crippen LogP contribution is 2.13. The molecule has 126 valence electrons. The van der Waals surface area contributed by atoms with Crippen LogP contribution < -0.4 is 10.9 Å². The topological polar surface area (TPSA) is 74.4 Å². The first-order valence-corrected chi connectivity index (χ1v) is 8.07. The molecule has 1 fully saturated rings. The van der Waals surface area contributed by atoms with Crippen LogP contribution in [0.3, 0.4) is 0 Å². The average molecular weight is 327 g/mol. The molecule has 3 rings (SSSR count). The fraction of sp³-hybridized carbons (Fsp3) is 0.333. The molecule has 2 N–H and O–H groups in total. The molecule has 0 spiro atoms. The number of aromatic amines is 1. The van der Waals surface area contributed by atoms with E-state index in [0.29, 0.717) is 6.54 Å². The Balaban J connectivity index is 1.66. The smallest absolute Gasteiger partial charge is 0.260 e. The number of nitrogens with zero attached hydrogens (tertiary/aromatic N) is 1. The Bertz CT molecular complexity index is 751. The van der Waals surface area contributed by atoms with Crippen molar-refractivity contribution in [2.45, 2.75) is 13.1 Å². The molecule has 1 saturated heterocycles. The first kappa shape index (κ1) is 16.4. The van der Waals surface area contributed by atoms with Crippen LogP contribution in [0.25, 0.3) is 0 Å². The maximum Gasteiger partial charge on any atom is 0.260 e. The van der Waals surface area contributed by atoms with Crippen LogP contribution in [0.2, 0.25) is 0 Å². The van der Waals surface area contributed by atoms with Crippen molar-refractivity contribution in [2.24, 2.45) is 0 Å². The summed E-state index contributed by atoms with van der Waals surface area (Å²) in [4.78, 5) is 28.7. The molecule has 6 nitrogen and oxygen atoms in total. The standard InChI is InChI=1S/C18H21N3O3/c22-17-16(6-3-7-19-17)18(23)20-12-14-4-1-2-5-15(14)13-21-8-10-24-11-9-21/h1-7H,8-13H2,(H,19,22)(H,20,23). The maximum atomic E-state index is 12.2. The van der Waals surface area contributed by atoms with Gasteiger partial charge in [0.05, 0.1) is 13.2 Å². The van der Waals surface area contributed by atoms with E-state index in [1.54, 1.807) is 6.07 Å². The van der Waals surface area contributed by atoms with Gasteiger partial charge in [0, 0.05) is 32.4 Å². The number of carbonyl (C=O) groups excluding carboxylic acids is 1. The van der Waals surface area contributed by atoms with E-state index in [0.717, 1.165) is 38.4 Å². The quantitative estimate of drug-likeness (QED) is 0.863. The van der Waals surface area contributed by atoms with Crippen molar-refractivity contribution in [3.63, 3.8) is 0 Å². The van der Waals surface area contributed by atoms with Crippen molar-refractivity contribution in [1.29, 1.82) is 0 Å². The van der Waals surface area contributed by atoms with Gasteiger partial charge in [0.2, 0.25) is 0 Å². The molecule has 0 atom stereocenters. The van der Waals surface area contributed by atoms with Crippen LogP contribution >= 0.6 is 0 Å². The molecular formula is C18H21N3O3. The maximum absolute atomic E-state index is 12.2. The highest BCUT2D eigenvalue weighted by molar-refractivity contribution is 5.93. The van der Waals surface area contributed by atoms with Gasteiger partial charge in [0.25, 0.3) is 11.5 Å². The minimum absolute atomic E-state index is 0.128. The lowest BCUT2D eigenvalue weighted by Crippen LogP contribution is -2.36. The number of pyridine rings is 1. The largest absolute Gasteiger partial charge is 0.379 e. The van der Waals surface area contributed by atoms with Gasteiger partial charge in [-0.05, 0) is 23.3 Å². The molecular weight excluding hydrogens is 306 g/mol. The zero-order valence-electron chi connectivity index (χ0n) is 13.5. The van der Waals surface area contributed by atoms with Crippen LogP contribution in [-0.2, 0) is 17.8 Å². The molecule has 0 unspecified atom stereocenters. The number of carbonyl (C=O) groups is 1. The van der Waals surface area contributed by atoms with Crippen LogP contribution in [-0.4, -0.2) is 42.1 Å². The zero-order valence-corrected chi connectivity index (χ0v) is 13.5. The van der Waals surface area contributed by atoms with Crippen LogP contribution in [0.4, 0.5) is 0 Å². The molecule has 1 amide bonds. The van der Waals surface area contributed by atoms with Crippen molar-refractivity contribution in [3.05, 3.63) is 69.6 Å². The van der Waals surface area contributed by atoms with Crippen molar-refractivity contribution in [2.75, 3.05) is 26.3 Å². The number of H-pyrrole nitrogens is 1. The first-order valence-electron chi connectivity index (χ1n) is 8.07. The van der Waals surface area contributed by atoms with E-state index in [4.69, 9.17) is 4.74 Å². The van der Waals surface area contributed by atoms with Crippen LogP contribution in [0.15, 0.2) is 47.4 Å². The Morgan fingerprint density at radius 2 is 1.88 bits per heavy atom. The number of nitrogens with one attached hydrogen (secondary N) is 2. The normalized spacial score (nSPS) is 15.2. The van der Waals surface area contributed by atoms with E-state index in [1.807, 2.05) is 18.2 Å². The lowest BCUT2D eigenvalue weighted by atomic mass is 10.1. The Kier molecular flexibility index (Phi) is 5.40. The fourth-order valence-corrected chi connectivity index (χ4v) is 2.76. The Labute approximate surface area is 140 Å². The predicted octanol–water partition coefficient (Wildman–Crippen LogP) is 1.14. The number of hydrogen-bond donors (Lipinski definition) is 2. The average Bonchev–Trinajstić information content (AvgIpc) is 2.62. The highest BCUT2D eigenvalue weighted by atomic mass is 16.5. The van der Waals surface area contributed by atoms with Crippen molar-refractivity contribution in [1.82, 2.24) is 15.2 Å². The van der Waals surface area contributed by atoms with Crippen molar-refractivity contribution in [3.8, 4) is 0 Å². The third-order valence-corrected chi connectivity index (χ3v) is 4.12. The summed E-state index contributed by atoms with van der Waals surface area (Å²) in [5, 5.41) is 2.83. The third-order valence-electron chi connectivity index (χ3n) is 4.12. The highest BCUT2D eigenvalue weighted by Gasteiger charge is 2.14. The number of ether oxygens (including phenoxy) is 1. The van der Waals surface area contributed by atoms with Gasteiger partial charge in [0.1, 0.15) is 5.56 Å². The summed E-state index contributed by atoms with van der Waals surface area (Å²) in [5.41, 5.74) is 1.99. The molecule has 0 saturated carbocycles. The molecule has 6 heteroatoms. The minimum atomic E-state index is -0.378. The van der Waals surface area contributed by atoms with Gasteiger partial charge in [0.15, 0.2) is 0 Å². The molecule has 1 aromatic heterocycles. The van der Waals surface area contributed by atoms with Gasteiger partial charge in [-0.25, -0.2) is 0 Å². The number of hydrogen-bond acceptors (Lipinski definition) is 4. The molecule has 2 heterocycles. The first-order chi connectivity index (χ1) is 11.7. The fourth-order valence-electron chi connectivity index (χ4n) is 2.76. The monoisotopic (exact) mass is 327 g/mol. The Morgan fingerprint density at radius 3 is 2.62 bits per heavy atom. The zero-order chi connectivity index (χ0) is 16.8. The van der Waals surface area contributed by atoms with E-state index < -0.39 is 0 Å². The second kappa shape index (κ2) is 7.90. The number of morpholine rings is 1. The van der Waals surface area contributed by atoms with Gasteiger partial charge in [-0.1, -0.05) is 24.3 Å². The van der Waals surface area contributed by atoms with E-state index in [1.165, 1.54) is 17.8 Å².